The molecule has 3 aromatic rings. The van der Waals surface area contributed by atoms with Crippen molar-refractivity contribution in [2.45, 2.75) is 32.1 Å². The minimum atomic E-state index is -0.0103. The zero-order valence-electron chi connectivity index (χ0n) is 18.5. The predicted octanol–water partition coefficient (Wildman–Crippen LogP) is 4.39. The fraction of sp³-hybridized carbons (Fsp3) is 0.360. The van der Waals surface area contributed by atoms with Gasteiger partial charge in [0.05, 0.1) is 0 Å². The summed E-state index contributed by atoms with van der Waals surface area (Å²) < 4.78 is 5.74. The van der Waals surface area contributed by atoms with Gasteiger partial charge in [0.2, 0.25) is 12.2 Å². The van der Waals surface area contributed by atoms with E-state index in [-0.39, 0.29) is 5.91 Å². The summed E-state index contributed by atoms with van der Waals surface area (Å²) in [6, 6.07) is 13.2. The van der Waals surface area contributed by atoms with Crippen molar-refractivity contribution in [2.75, 3.05) is 25.0 Å². The number of fused-ring (bicyclic) bond motifs is 1. The number of pyridine rings is 1. The third-order valence-corrected chi connectivity index (χ3v) is 5.90. The SMILES string of the molecule is N#C/N=C(/NCCCCCC1CCN(C(=O)c2cc3ccccc3o2)C1)Nc1ccncc1. The second-order valence-electron chi connectivity index (χ2n) is 8.25. The quantitative estimate of drug-likeness (QED) is 0.231. The van der Waals surface area contributed by atoms with Crippen molar-refractivity contribution in [3.05, 3.63) is 60.6 Å². The number of likely N-dealkylation sites (tertiary alicyclic amines) is 1. The van der Waals surface area contributed by atoms with Crippen molar-refractivity contribution in [3.8, 4) is 6.19 Å². The minimum Gasteiger partial charge on any atom is -0.451 e. The number of carbonyl (C=O) groups is 1. The van der Waals surface area contributed by atoms with Gasteiger partial charge in [0, 0.05) is 43.1 Å². The Kier molecular flexibility index (Phi) is 7.54. The Morgan fingerprint density at radius 3 is 2.88 bits per heavy atom. The maximum absolute atomic E-state index is 12.8. The lowest BCUT2D eigenvalue weighted by Gasteiger charge is -2.15. The van der Waals surface area contributed by atoms with Crippen LogP contribution >= 0.6 is 0 Å². The molecule has 8 nitrogen and oxygen atoms in total. The van der Waals surface area contributed by atoms with Crippen LogP contribution in [-0.4, -0.2) is 41.4 Å². The summed E-state index contributed by atoms with van der Waals surface area (Å²) >= 11 is 0. The zero-order chi connectivity index (χ0) is 22.9. The molecule has 2 aromatic heterocycles. The standard InChI is InChI=1S/C25H28N6O2/c26-18-29-25(30-21-9-13-27-14-10-21)28-12-5-1-2-6-19-11-15-31(17-19)24(32)23-16-20-7-3-4-8-22(20)33-23/h3-4,7-10,13-14,16,19H,1-2,5-6,11-12,15,17H2,(H2,27,28,29,30). The molecule has 1 aliphatic rings. The summed E-state index contributed by atoms with van der Waals surface area (Å²) in [7, 11) is 0. The van der Waals surface area contributed by atoms with Crippen LogP contribution in [0.25, 0.3) is 11.0 Å². The van der Waals surface area contributed by atoms with E-state index in [2.05, 4.69) is 20.6 Å². The molecule has 1 aromatic carbocycles. The molecule has 33 heavy (non-hydrogen) atoms. The van der Waals surface area contributed by atoms with Gasteiger partial charge >= 0.3 is 0 Å². The van der Waals surface area contributed by atoms with E-state index in [0.29, 0.717) is 17.6 Å². The number of benzene rings is 1. The van der Waals surface area contributed by atoms with E-state index in [0.717, 1.165) is 68.4 Å². The first-order valence-electron chi connectivity index (χ1n) is 11.4. The van der Waals surface area contributed by atoms with E-state index >= 15 is 0 Å². The average molecular weight is 445 g/mol. The summed E-state index contributed by atoms with van der Waals surface area (Å²) in [5.74, 6) is 1.40. The number of rotatable bonds is 8. The van der Waals surface area contributed by atoms with E-state index in [1.165, 1.54) is 0 Å². The van der Waals surface area contributed by atoms with E-state index in [9.17, 15) is 4.79 Å². The number of furan rings is 1. The van der Waals surface area contributed by atoms with Gasteiger partial charge in [-0.2, -0.15) is 5.26 Å². The van der Waals surface area contributed by atoms with Gasteiger partial charge in [-0.05, 0) is 49.4 Å². The molecule has 1 amide bonds. The van der Waals surface area contributed by atoms with Crippen LogP contribution in [0.5, 0.6) is 0 Å². The molecule has 2 N–H and O–H groups in total. The highest BCUT2D eigenvalue weighted by atomic mass is 16.3. The lowest BCUT2D eigenvalue weighted by atomic mass is 10.0. The van der Waals surface area contributed by atoms with Gasteiger partial charge < -0.3 is 20.0 Å². The van der Waals surface area contributed by atoms with Crippen LogP contribution in [0.2, 0.25) is 0 Å². The number of aliphatic imine (C=N–C) groups is 1. The average Bonchev–Trinajstić information content (AvgIpc) is 3.49. The van der Waals surface area contributed by atoms with E-state index < -0.39 is 0 Å². The monoisotopic (exact) mass is 444 g/mol. The molecule has 1 unspecified atom stereocenters. The number of nitrogens with zero attached hydrogens (tertiary/aromatic N) is 4. The molecule has 1 fully saturated rings. The Balaban J connectivity index is 1.14. The summed E-state index contributed by atoms with van der Waals surface area (Å²) in [5.41, 5.74) is 1.58. The van der Waals surface area contributed by atoms with Crippen LogP contribution in [0.3, 0.4) is 0 Å². The number of hydrogen-bond donors (Lipinski definition) is 2. The van der Waals surface area contributed by atoms with Gasteiger partial charge in [0.1, 0.15) is 5.58 Å². The zero-order valence-corrected chi connectivity index (χ0v) is 18.5. The van der Waals surface area contributed by atoms with Crippen LogP contribution in [-0.2, 0) is 0 Å². The molecule has 0 aliphatic carbocycles. The van der Waals surface area contributed by atoms with Gasteiger partial charge in [0.15, 0.2) is 5.76 Å². The molecule has 0 bridgehead atoms. The van der Waals surface area contributed by atoms with Crippen LogP contribution < -0.4 is 10.6 Å². The molecule has 170 valence electrons. The van der Waals surface area contributed by atoms with E-state index in [1.54, 1.807) is 12.4 Å². The smallest absolute Gasteiger partial charge is 0.289 e. The highest BCUT2D eigenvalue weighted by Crippen LogP contribution is 2.26. The largest absolute Gasteiger partial charge is 0.451 e. The second-order valence-corrected chi connectivity index (χ2v) is 8.25. The Morgan fingerprint density at radius 1 is 1.21 bits per heavy atom. The van der Waals surface area contributed by atoms with Crippen molar-refractivity contribution in [1.29, 1.82) is 5.26 Å². The molecule has 3 heterocycles. The van der Waals surface area contributed by atoms with Gasteiger partial charge in [-0.25, -0.2) is 0 Å². The van der Waals surface area contributed by atoms with Crippen molar-refractivity contribution in [1.82, 2.24) is 15.2 Å². The second kappa shape index (κ2) is 11.1. The molecular weight excluding hydrogens is 416 g/mol. The Morgan fingerprint density at radius 2 is 2.06 bits per heavy atom. The number of hydrogen-bond acceptors (Lipinski definition) is 5. The molecule has 8 heteroatoms. The third-order valence-electron chi connectivity index (χ3n) is 5.90. The number of guanidine groups is 1. The fourth-order valence-corrected chi connectivity index (χ4v) is 4.17. The molecular formula is C25H28N6O2. The van der Waals surface area contributed by atoms with Gasteiger partial charge in [-0.1, -0.05) is 31.0 Å². The summed E-state index contributed by atoms with van der Waals surface area (Å²) in [4.78, 5) is 22.5. The van der Waals surface area contributed by atoms with E-state index in [4.69, 9.17) is 9.68 Å². The first-order chi connectivity index (χ1) is 16.2. The molecule has 1 atom stereocenters. The number of nitrogens with one attached hydrogen (secondary N) is 2. The van der Waals surface area contributed by atoms with Gasteiger partial charge in [-0.3, -0.25) is 9.78 Å². The van der Waals surface area contributed by atoms with Crippen LogP contribution in [0.4, 0.5) is 5.69 Å². The van der Waals surface area contributed by atoms with Gasteiger partial charge in [-0.15, -0.1) is 4.99 Å². The minimum absolute atomic E-state index is 0.0103. The molecule has 0 radical (unpaired) electrons. The molecule has 1 saturated heterocycles. The predicted molar refractivity (Wildman–Crippen MR) is 128 cm³/mol. The third kappa shape index (κ3) is 6.10. The lowest BCUT2D eigenvalue weighted by molar-refractivity contribution is 0.0757. The maximum atomic E-state index is 12.8. The number of carbonyl (C=O) groups excluding carboxylic acids is 1. The molecule has 0 saturated carbocycles. The number of amides is 1. The number of aromatic nitrogens is 1. The number of anilines is 1. The highest BCUT2D eigenvalue weighted by molar-refractivity contribution is 5.96. The van der Waals surface area contributed by atoms with Gasteiger partial charge in [0.25, 0.3) is 5.91 Å². The van der Waals surface area contributed by atoms with Crippen LogP contribution in [0.15, 0.2) is 64.3 Å². The van der Waals surface area contributed by atoms with Crippen molar-refractivity contribution in [3.63, 3.8) is 0 Å². The Labute approximate surface area is 193 Å². The van der Waals surface area contributed by atoms with Crippen molar-refractivity contribution >= 4 is 28.5 Å². The van der Waals surface area contributed by atoms with Crippen molar-refractivity contribution < 1.29 is 9.21 Å². The number of nitriles is 1. The Hall–Kier alpha value is -3.86. The number of para-hydroxylation sites is 1. The lowest BCUT2D eigenvalue weighted by Crippen LogP contribution is -2.31. The maximum Gasteiger partial charge on any atom is 0.289 e. The summed E-state index contributed by atoms with van der Waals surface area (Å²) in [5, 5.41) is 16.1. The van der Waals surface area contributed by atoms with Crippen molar-refractivity contribution in [2.24, 2.45) is 10.9 Å². The van der Waals surface area contributed by atoms with Crippen LogP contribution in [0, 0.1) is 17.4 Å². The Bertz CT molecular complexity index is 1100. The first-order valence-corrected chi connectivity index (χ1v) is 11.4. The molecule has 0 spiro atoms. The first kappa shape index (κ1) is 22.3. The number of unbranched alkanes of at least 4 members (excludes halogenated alkanes) is 2. The van der Waals surface area contributed by atoms with E-state index in [1.807, 2.05) is 53.6 Å². The summed E-state index contributed by atoms with van der Waals surface area (Å²) in [6.07, 6.45) is 10.5. The molecule has 4 rings (SSSR count). The van der Waals surface area contributed by atoms with Crippen LogP contribution in [0.1, 0.15) is 42.7 Å². The molecule has 1 aliphatic heterocycles. The normalized spacial score (nSPS) is 16.0. The summed E-state index contributed by atoms with van der Waals surface area (Å²) in [6.45, 7) is 2.32. The fourth-order valence-electron chi connectivity index (χ4n) is 4.17. The topological polar surface area (TPSA) is 107 Å². The highest BCUT2D eigenvalue weighted by Gasteiger charge is 2.28.